The Kier molecular flexibility index (Phi) is 3.47. The molecule has 0 aliphatic carbocycles. The van der Waals surface area contributed by atoms with E-state index in [1.807, 2.05) is 78.9 Å². The fourth-order valence-electron chi connectivity index (χ4n) is 6.48. The largest absolute Gasteiger partial charge is 0.456 e. The van der Waals surface area contributed by atoms with Crippen molar-refractivity contribution in [2.75, 3.05) is 0 Å². The van der Waals surface area contributed by atoms with Gasteiger partial charge in [0, 0.05) is 10.8 Å². The van der Waals surface area contributed by atoms with Crippen LogP contribution in [0, 0.1) is 0 Å². The first-order valence-electron chi connectivity index (χ1n) is 17.0. The molecule has 1 aromatic heterocycles. The van der Waals surface area contributed by atoms with Gasteiger partial charge in [-0.3, -0.25) is 0 Å². The van der Waals surface area contributed by atoms with Crippen LogP contribution >= 0.6 is 0 Å². The average molecular weight is 528 g/mol. The van der Waals surface area contributed by atoms with Crippen molar-refractivity contribution in [1.29, 1.82) is 0 Å². The summed E-state index contributed by atoms with van der Waals surface area (Å²) in [5.41, 5.74) is 4.30. The second kappa shape index (κ2) is 8.55. The SMILES string of the molecule is [2H]c1c([2H])c([2H])c2c(-c3c4ccccc4c(-c4cccc5oc6ccc7ccccc7c6c45)c4ccccc34)c([2H])c([2H])c([2H])c2c1[2H]. The third-order valence-electron chi connectivity index (χ3n) is 8.15. The molecule has 0 radical (unpaired) electrons. The van der Waals surface area contributed by atoms with Gasteiger partial charge in [0.2, 0.25) is 0 Å². The van der Waals surface area contributed by atoms with E-state index in [1.165, 1.54) is 0 Å². The highest BCUT2D eigenvalue weighted by molar-refractivity contribution is 6.29. The first kappa shape index (κ1) is 16.6. The van der Waals surface area contributed by atoms with Gasteiger partial charge in [0.25, 0.3) is 0 Å². The fraction of sp³-hybridized carbons (Fsp3) is 0. The maximum Gasteiger partial charge on any atom is 0.136 e. The van der Waals surface area contributed by atoms with Crippen LogP contribution in [0.25, 0.3) is 87.3 Å². The summed E-state index contributed by atoms with van der Waals surface area (Å²) in [6, 6.07) is 31.5. The van der Waals surface area contributed by atoms with E-state index in [9.17, 15) is 1.37 Å². The van der Waals surface area contributed by atoms with Crippen LogP contribution in [0.15, 0.2) is 150 Å². The van der Waals surface area contributed by atoms with E-state index < -0.39 is 12.1 Å². The normalized spacial score (nSPS) is 14.3. The van der Waals surface area contributed by atoms with Crippen molar-refractivity contribution in [2.24, 2.45) is 0 Å². The number of fused-ring (bicyclic) bond motifs is 8. The van der Waals surface area contributed by atoms with E-state index in [0.717, 1.165) is 65.4 Å². The molecule has 1 nitrogen and oxygen atoms in total. The van der Waals surface area contributed by atoms with Gasteiger partial charge in [0.05, 0.1) is 9.60 Å². The molecule has 0 fully saturated rings. The van der Waals surface area contributed by atoms with E-state index >= 15 is 0 Å². The zero-order valence-corrected chi connectivity index (χ0v) is 21.7. The van der Waals surface area contributed by atoms with Crippen LogP contribution in [0.5, 0.6) is 0 Å². The van der Waals surface area contributed by atoms with Gasteiger partial charge in [-0.1, -0.05) is 133 Å². The summed E-state index contributed by atoms with van der Waals surface area (Å²) < 4.78 is 67.6. The third-order valence-corrected chi connectivity index (χ3v) is 8.15. The maximum absolute atomic E-state index is 9.20. The number of rotatable bonds is 2. The second-order valence-electron chi connectivity index (χ2n) is 10.3. The van der Waals surface area contributed by atoms with Crippen molar-refractivity contribution >= 4 is 65.0 Å². The molecular formula is C40H24O. The minimum Gasteiger partial charge on any atom is -0.456 e. The van der Waals surface area contributed by atoms with Crippen LogP contribution in [0.1, 0.15) is 9.60 Å². The first-order chi connectivity index (χ1) is 23.3. The zero-order chi connectivity index (χ0) is 33.0. The molecule has 190 valence electrons. The molecule has 0 N–H and O–H groups in total. The molecule has 1 heterocycles. The van der Waals surface area contributed by atoms with Crippen LogP contribution in [-0.4, -0.2) is 0 Å². The minimum absolute atomic E-state index is 0.0595. The van der Waals surface area contributed by atoms with Gasteiger partial charge in [-0.25, -0.2) is 0 Å². The molecule has 0 saturated heterocycles. The van der Waals surface area contributed by atoms with Crippen molar-refractivity contribution < 1.29 is 14.0 Å². The van der Waals surface area contributed by atoms with Gasteiger partial charge in [0.1, 0.15) is 11.2 Å². The Hall–Kier alpha value is -5.40. The predicted octanol–water partition coefficient (Wildman–Crippen LogP) is 11.5. The summed E-state index contributed by atoms with van der Waals surface area (Å²) in [6.45, 7) is 0. The molecule has 0 aliphatic heterocycles. The molecule has 0 aliphatic rings. The molecule has 9 aromatic rings. The van der Waals surface area contributed by atoms with Crippen LogP contribution in [0.2, 0.25) is 0 Å². The highest BCUT2D eigenvalue weighted by Crippen LogP contribution is 2.48. The molecular weight excluding hydrogens is 496 g/mol. The lowest BCUT2D eigenvalue weighted by Crippen LogP contribution is -1.92. The minimum atomic E-state index is -0.470. The van der Waals surface area contributed by atoms with Gasteiger partial charge < -0.3 is 4.42 Å². The Morgan fingerprint density at radius 3 is 1.76 bits per heavy atom. The van der Waals surface area contributed by atoms with E-state index in [2.05, 4.69) is 24.3 Å². The number of benzene rings is 8. The van der Waals surface area contributed by atoms with E-state index in [0.29, 0.717) is 5.56 Å². The Labute approximate surface area is 246 Å². The average Bonchev–Trinajstić information content (AvgIpc) is 3.51. The van der Waals surface area contributed by atoms with Crippen molar-refractivity contribution in [3.8, 4) is 22.3 Å². The number of hydrogen-bond donors (Lipinski definition) is 0. The Balaban J connectivity index is 1.51. The quantitative estimate of drug-likeness (QED) is 0.204. The Bertz CT molecular complexity index is 2810. The Morgan fingerprint density at radius 2 is 1.00 bits per heavy atom. The molecule has 1 heteroatoms. The van der Waals surface area contributed by atoms with Crippen molar-refractivity contribution in [2.45, 2.75) is 0 Å². The molecule has 0 saturated carbocycles. The summed E-state index contributed by atoms with van der Waals surface area (Å²) in [7, 11) is 0. The van der Waals surface area contributed by atoms with Crippen LogP contribution in [0.4, 0.5) is 0 Å². The van der Waals surface area contributed by atoms with E-state index in [-0.39, 0.29) is 46.5 Å². The van der Waals surface area contributed by atoms with Crippen molar-refractivity contribution in [3.05, 3.63) is 145 Å². The van der Waals surface area contributed by atoms with Crippen molar-refractivity contribution in [1.82, 2.24) is 0 Å². The molecule has 9 rings (SSSR count). The fourth-order valence-corrected chi connectivity index (χ4v) is 6.48. The topological polar surface area (TPSA) is 13.1 Å². The van der Waals surface area contributed by atoms with Crippen LogP contribution < -0.4 is 0 Å². The molecule has 0 spiro atoms. The molecule has 0 atom stereocenters. The third kappa shape index (κ3) is 3.18. The standard InChI is InChI=1S/C40H24O/c1-3-14-27-25(11-1)13-9-20-29(27)37-30-16-5-7-18-32(30)38(33-19-8-6-17-31(33)37)34-21-10-22-35-40(34)39-28-15-4-2-12-26(28)23-24-36(39)41-35/h1-24H/i1D,3D,9D,11D,13D,14D,20D. The van der Waals surface area contributed by atoms with E-state index in [1.54, 1.807) is 0 Å². The summed E-state index contributed by atoms with van der Waals surface area (Å²) in [6.07, 6.45) is 0. The number of hydrogen-bond acceptors (Lipinski definition) is 1. The Morgan fingerprint density at radius 1 is 0.390 bits per heavy atom. The van der Waals surface area contributed by atoms with Crippen LogP contribution in [-0.2, 0) is 0 Å². The summed E-state index contributed by atoms with van der Waals surface area (Å²) in [5.74, 6) is 0. The molecule has 0 amide bonds. The summed E-state index contributed by atoms with van der Waals surface area (Å²) in [4.78, 5) is 0. The summed E-state index contributed by atoms with van der Waals surface area (Å²) >= 11 is 0. The molecule has 0 unspecified atom stereocenters. The van der Waals surface area contributed by atoms with Crippen molar-refractivity contribution in [3.63, 3.8) is 0 Å². The highest BCUT2D eigenvalue weighted by Gasteiger charge is 2.21. The van der Waals surface area contributed by atoms with E-state index in [4.69, 9.17) is 12.6 Å². The lowest BCUT2D eigenvalue weighted by atomic mass is 9.84. The maximum atomic E-state index is 9.20. The lowest BCUT2D eigenvalue weighted by Gasteiger charge is -2.19. The smallest absolute Gasteiger partial charge is 0.136 e. The monoisotopic (exact) mass is 527 g/mol. The van der Waals surface area contributed by atoms with Gasteiger partial charge in [-0.2, -0.15) is 0 Å². The summed E-state index contributed by atoms with van der Waals surface area (Å²) in [5, 5.41) is 7.50. The predicted molar refractivity (Wildman–Crippen MR) is 175 cm³/mol. The van der Waals surface area contributed by atoms with Gasteiger partial charge >= 0.3 is 0 Å². The molecule has 8 aromatic carbocycles. The molecule has 41 heavy (non-hydrogen) atoms. The van der Waals surface area contributed by atoms with Gasteiger partial charge in [0.15, 0.2) is 0 Å². The van der Waals surface area contributed by atoms with Gasteiger partial charge in [-0.15, -0.1) is 0 Å². The lowest BCUT2D eigenvalue weighted by molar-refractivity contribution is 0.669. The molecule has 0 bridgehead atoms. The zero-order valence-electron chi connectivity index (χ0n) is 28.7. The van der Waals surface area contributed by atoms with Gasteiger partial charge in [-0.05, 0) is 77.5 Å². The number of furan rings is 1. The highest BCUT2D eigenvalue weighted by atomic mass is 16.3. The second-order valence-corrected chi connectivity index (χ2v) is 10.3. The van der Waals surface area contributed by atoms with Crippen LogP contribution in [0.3, 0.4) is 0 Å². The first-order valence-corrected chi connectivity index (χ1v) is 13.5.